The standard InChI is InChI=1S/C36H60N4O7S.C28H47N3O6S.C7H14N2O2.2CH4.ClH/c1-34(2,3)48(46,47)21-36(16-10-7-11-17-36)39-33(45)38-28(23-12-8-6-9-13-23)32(44)40-20-25-27(35(25,4)5)29(40)26(41)19-24(18-22-14-15-22)30(42)31(37)43;1-26(2,3)38(36,37)17-28(14-10-7-11-15-28)30-25(35)29-21(18-12-8-6-9-13-18)23(32)31-16-19-20(27(19,4)5)22(31)24(33)34;8-5(3-4-1-2-4)6(10)7(9)11;;;/h22-25,27-30,42H,6-21H2,1-5H3,(H2,37,43)(H2,38,39,45);18-22H,6-17H2,1-5H3,(H,33,34)(H2,29,30,35);4-6,10H,1-3,8H2,(H2,9,11);2*1H4;1H/t24?,25?,27-,28-,29+,30?;19?,20-,21-,22-;;;;/m00..../s1. The fraction of sp³-hybridized carbons (Fsp3) is 0.890. The van der Waals surface area contributed by atoms with Gasteiger partial charge in [0.2, 0.25) is 23.6 Å². The van der Waals surface area contributed by atoms with Crippen LogP contribution in [0.2, 0.25) is 0 Å². The SMILES string of the molecule is C.C.CC1(C)C2CN(C(=O)[C@@H](NC(=O)NC3(CS(=O)(=O)C(C)(C)C)CCCCC3)C3CCCCC3)[C@H](C(=O)CC(CC3CC3)C(O)C(N)=O)[C@H]21.CC1(C)C2CN(C(=O)[C@@H](NC(=O)NC3(CS(=O)(=O)C(C)(C)C)CCCCC3)C3CCCCC3)[C@H](C(=O)O)[C@H]21.Cl.NC(=O)C(O)C(N)CC1CC1. The first-order valence-corrected chi connectivity index (χ1v) is 40.1. The zero-order valence-electron chi connectivity index (χ0n) is 60.2. The molecule has 8 aliphatic carbocycles. The number of halogens is 1. The lowest BCUT2D eigenvalue weighted by Gasteiger charge is -2.41. The Balaban J connectivity index is 0.000000309. The molecule has 10 fully saturated rings. The van der Waals surface area contributed by atoms with Gasteiger partial charge in [0.05, 0.1) is 38.1 Å². The Bertz CT molecular complexity index is 3090. The molecule has 2 heterocycles. The average Bonchev–Trinajstić information content (AvgIpc) is 1.53. The Morgan fingerprint density at radius 2 is 0.860 bits per heavy atom. The van der Waals surface area contributed by atoms with Crippen LogP contribution in [0.4, 0.5) is 9.59 Å². The Kier molecular flexibility index (Phi) is 29.2. The summed E-state index contributed by atoms with van der Waals surface area (Å²) in [5.41, 5.74) is 13.8. The number of fused-ring (bicyclic) bond motifs is 2. The van der Waals surface area contributed by atoms with Gasteiger partial charge in [-0.1, -0.05) is 145 Å². The maximum absolute atomic E-state index is 14.6. The number of carboxylic acids is 1. The van der Waals surface area contributed by atoms with Gasteiger partial charge in [0.1, 0.15) is 30.3 Å². The number of carbonyl (C=O) groups is 8. The van der Waals surface area contributed by atoms with E-state index in [4.69, 9.17) is 22.3 Å². The molecule has 0 bridgehead atoms. The molecule has 8 saturated carbocycles. The number of Topliss-reactive ketones (excluding diaryl/α,β-unsaturated/α-hetero) is 1. The van der Waals surface area contributed by atoms with Gasteiger partial charge in [-0.05, 0) is 158 Å². The number of aliphatic hydroxyl groups is 2. The van der Waals surface area contributed by atoms with Crippen LogP contribution in [0.1, 0.15) is 257 Å². The smallest absolute Gasteiger partial charge is 0.326 e. The van der Waals surface area contributed by atoms with E-state index in [0.717, 1.165) is 116 Å². The van der Waals surface area contributed by atoms with Crippen molar-refractivity contribution in [2.24, 2.45) is 81.3 Å². The molecule has 100 heavy (non-hydrogen) atoms. The van der Waals surface area contributed by atoms with Crippen LogP contribution in [0.25, 0.3) is 0 Å². The summed E-state index contributed by atoms with van der Waals surface area (Å²) < 4.78 is 51.1. The molecule has 24 nitrogen and oxygen atoms in total. The highest BCUT2D eigenvalue weighted by molar-refractivity contribution is 7.93. The summed E-state index contributed by atoms with van der Waals surface area (Å²) in [7, 11) is -7.03. The number of sulfone groups is 2. The monoisotopic (exact) mass is 1470 g/mol. The summed E-state index contributed by atoms with van der Waals surface area (Å²) in [6, 6.07) is -4.78. The molecule has 6 unspecified atom stereocenters. The van der Waals surface area contributed by atoms with Gasteiger partial charge < -0.3 is 63.6 Å². The Hall–Kier alpha value is -4.37. The summed E-state index contributed by atoms with van der Waals surface area (Å²) in [5.74, 6) is -3.17. The molecule has 0 aromatic rings. The van der Waals surface area contributed by atoms with Crippen molar-refractivity contribution >= 4 is 79.5 Å². The molecule has 2 aliphatic heterocycles. The number of nitrogens with two attached hydrogens (primary N) is 3. The fourth-order valence-corrected chi connectivity index (χ4v) is 20.6. The van der Waals surface area contributed by atoms with Gasteiger partial charge in [-0.15, -0.1) is 12.4 Å². The zero-order valence-corrected chi connectivity index (χ0v) is 62.7. The number of primary amides is 2. The molecule has 12 atom stereocenters. The second-order valence-electron chi connectivity index (χ2n) is 34.6. The Morgan fingerprint density at radius 1 is 0.520 bits per heavy atom. The van der Waals surface area contributed by atoms with Crippen LogP contribution in [0.5, 0.6) is 0 Å². The number of carbonyl (C=O) groups excluding carboxylic acids is 7. The summed E-state index contributed by atoms with van der Waals surface area (Å²) in [5, 5.41) is 41.8. The molecule has 0 aromatic heterocycles. The highest BCUT2D eigenvalue weighted by Gasteiger charge is 2.71. The first kappa shape index (κ1) is 86.3. The molecule has 0 aromatic carbocycles. The van der Waals surface area contributed by atoms with Crippen LogP contribution in [-0.2, 0) is 48.4 Å². The van der Waals surface area contributed by atoms with Gasteiger partial charge >= 0.3 is 18.0 Å². The molecule has 0 radical (unpaired) electrons. The number of piperidine rings is 2. The number of amides is 8. The Morgan fingerprint density at radius 3 is 1.20 bits per heavy atom. The van der Waals surface area contributed by atoms with Crippen LogP contribution in [0, 0.1) is 64.1 Å². The number of carboxylic acid groups (broad SMARTS) is 1. The second-order valence-corrected chi connectivity index (χ2v) is 40.1. The van der Waals surface area contributed by atoms with Crippen LogP contribution in [0.3, 0.4) is 0 Å². The van der Waals surface area contributed by atoms with E-state index in [-0.39, 0.29) is 109 Å². The van der Waals surface area contributed by atoms with Crippen molar-refractivity contribution in [2.45, 2.75) is 320 Å². The number of likely N-dealkylation sites (tertiary alicyclic amines) is 2. The quantitative estimate of drug-likeness (QED) is 0.0435. The third-order valence-electron chi connectivity index (χ3n) is 24.6. The van der Waals surface area contributed by atoms with Crippen molar-refractivity contribution in [1.82, 2.24) is 31.1 Å². The van der Waals surface area contributed by atoms with E-state index in [9.17, 15) is 65.4 Å². The molecule has 0 spiro atoms. The average molecular weight is 1470 g/mol. The number of nitrogens with zero attached hydrogens (tertiary/aromatic N) is 2. The van der Waals surface area contributed by atoms with E-state index in [2.05, 4.69) is 49.0 Å². The number of aliphatic carboxylic acids is 1. The van der Waals surface area contributed by atoms with Crippen molar-refractivity contribution in [1.29, 1.82) is 0 Å². The number of nitrogens with one attached hydrogen (secondary N) is 4. The highest BCUT2D eigenvalue weighted by Crippen LogP contribution is 2.66. The number of urea groups is 2. The van der Waals surface area contributed by atoms with E-state index in [1.807, 2.05) is 0 Å². The number of hydrogen-bond donors (Lipinski definition) is 10. The molecular weight excluding hydrogens is 1340 g/mol. The maximum atomic E-state index is 14.6. The zero-order chi connectivity index (χ0) is 71.8. The topological polar surface area (TPSA) is 398 Å². The maximum Gasteiger partial charge on any atom is 0.326 e. The van der Waals surface area contributed by atoms with Crippen molar-refractivity contribution in [3.63, 3.8) is 0 Å². The molecule has 2 saturated heterocycles. The predicted molar refractivity (Wildman–Crippen MR) is 390 cm³/mol. The van der Waals surface area contributed by atoms with Crippen LogP contribution in [-0.4, -0.2) is 177 Å². The number of aliphatic hydroxyl groups excluding tert-OH is 2. The van der Waals surface area contributed by atoms with Gasteiger partial charge in [0.15, 0.2) is 25.5 Å². The lowest BCUT2D eigenvalue weighted by molar-refractivity contribution is -0.151. The van der Waals surface area contributed by atoms with Crippen LogP contribution in [0.15, 0.2) is 0 Å². The van der Waals surface area contributed by atoms with Crippen molar-refractivity contribution in [3.05, 3.63) is 0 Å². The van der Waals surface area contributed by atoms with E-state index >= 15 is 0 Å². The summed E-state index contributed by atoms with van der Waals surface area (Å²) in [4.78, 5) is 108. The molecule has 13 N–H and O–H groups in total. The van der Waals surface area contributed by atoms with Crippen LogP contribution < -0.4 is 38.5 Å². The van der Waals surface area contributed by atoms with Crippen LogP contribution >= 0.6 is 12.4 Å². The summed E-state index contributed by atoms with van der Waals surface area (Å²) >= 11 is 0. The largest absolute Gasteiger partial charge is 0.480 e. The van der Waals surface area contributed by atoms with E-state index in [1.54, 1.807) is 46.4 Å². The second kappa shape index (κ2) is 33.8. The highest BCUT2D eigenvalue weighted by atomic mass is 35.5. The lowest BCUT2D eigenvalue weighted by atomic mass is 9.82. The van der Waals surface area contributed by atoms with Gasteiger partial charge in [0.25, 0.3) is 0 Å². The number of hydrogen-bond acceptors (Lipinski definition) is 15. The molecule has 8 amide bonds. The van der Waals surface area contributed by atoms with Crippen molar-refractivity contribution in [3.8, 4) is 0 Å². The first-order chi connectivity index (χ1) is 45.1. The van der Waals surface area contributed by atoms with Gasteiger partial charge in [0, 0.05) is 37.4 Å². The van der Waals surface area contributed by atoms with E-state index < -0.39 is 118 Å². The minimum absolute atomic E-state index is 0. The molecule has 10 aliphatic rings. The van der Waals surface area contributed by atoms with E-state index in [0.29, 0.717) is 63.5 Å². The third-order valence-corrected chi connectivity index (χ3v) is 30.2. The molecule has 27 heteroatoms. The normalized spacial score (nSPS) is 27.6. The Labute approximate surface area is 604 Å². The molecular formula is C73H130ClN9O15S2. The fourth-order valence-electron chi connectivity index (χ4n) is 17.6. The minimum Gasteiger partial charge on any atom is -0.480 e. The summed E-state index contributed by atoms with van der Waals surface area (Å²) in [6.45, 7) is 19.2. The predicted octanol–water partition coefficient (Wildman–Crippen LogP) is 8.23. The summed E-state index contributed by atoms with van der Waals surface area (Å²) in [6.07, 6.45) is 19.6. The van der Waals surface area contributed by atoms with Gasteiger partial charge in [-0.3, -0.25) is 24.0 Å². The van der Waals surface area contributed by atoms with Gasteiger partial charge in [-0.25, -0.2) is 31.2 Å². The lowest BCUT2D eigenvalue weighted by Crippen LogP contribution is -2.62. The number of rotatable bonds is 24. The number of ketones is 1. The third kappa shape index (κ3) is 20.6. The minimum atomic E-state index is -3.54. The van der Waals surface area contributed by atoms with Crippen molar-refractivity contribution in [2.75, 3.05) is 24.6 Å². The van der Waals surface area contributed by atoms with E-state index in [1.165, 1.54) is 17.7 Å². The first-order valence-electron chi connectivity index (χ1n) is 36.8. The van der Waals surface area contributed by atoms with Crippen molar-refractivity contribution < 1.29 is 70.5 Å². The molecule has 10 rings (SSSR count). The van der Waals surface area contributed by atoms with Gasteiger partial charge in [-0.2, -0.15) is 0 Å². The molecule has 576 valence electrons.